The lowest BCUT2D eigenvalue weighted by Crippen LogP contribution is -2.49. The molecule has 1 aliphatic rings. The maximum atomic E-state index is 13.0. The number of carbonyl (C=O) groups is 3. The molecule has 0 radical (unpaired) electrons. The van der Waals surface area contributed by atoms with Crippen molar-refractivity contribution in [3.63, 3.8) is 0 Å². The summed E-state index contributed by atoms with van der Waals surface area (Å²) in [5.74, 6) is -2.33. The van der Waals surface area contributed by atoms with Crippen molar-refractivity contribution in [2.45, 2.75) is 0 Å². The molecule has 1 heterocycles. The minimum Gasteiger partial charge on any atom is -0.396 e. The first-order chi connectivity index (χ1) is 9.47. The van der Waals surface area contributed by atoms with Gasteiger partial charge in [-0.2, -0.15) is 0 Å². The average Bonchev–Trinajstić information content (AvgIpc) is 2.38. The van der Waals surface area contributed by atoms with Crippen molar-refractivity contribution >= 4 is 29.1 Å². The van der Waals surface area contributed by atoms with E-state index in [0.29, 0.717) is 0 Å². The third-order valence-electron chi connectivity index (χ3n) is 2.63. The Labute approximate surface area is 113 Å². The molecule has 1 aromatic rings. The van der Waals surface area contributed by atoms with Gasteiger partial charge in [0.15, 0.2) is 0 Å². The maximum absolute atomic E-state index is 13.0. The molecule has 1 aliphatic heterocycles. The van der Waals surface area contributed by atoms with Crippen LogP contribution in [0.5, 0.6) is 0 Å². The van der Waals surface area contributed by atoms with Crippen molar-refractivity contribution in [2.75, 3.05) is 30.8 Å². The van der Waals surface area contributed by atoms with E-state index < -0.39 is 30.1 Å². The normalized spacial score (nSPS) is 15.3. The van der Waals surface area contributed by atoms with Gasteiger partial charge in [-0.05, 0) is 18.2 Å². The van der Waals surface area contributed by atoms with Crippen LogP contribution in [0.3, 0.4) is 0 Å². The number of ether oxygens (including phenoxy) is 1. The van der Waals surface area contributed by atoms with Crippen molar-refractivity contribution in [1.82, 2.24) is 4.90 Å². The lowest BCUT2D eigenvalue weighted by molar-refractivity contribution is -0.159. The summed E-state index contributed by atoms with van der Waals surface area (Å²) in [4.78, 5) is 35.4. The number of hydrogen-bond donors (Lipinski definition) is 2. The van der Waals surface area contributed by atoms with Gasteiger partial charge in [-0.15, -0.1) is 0 Å². The minimum absolute atomic E-state index is 0.110. The molecular formula is C12H12FN3O4. The number of rotatable bonds is 3. The lowest BCUT2D eigenvalue weighted by atomic mass is 10.2. The first-order valence-electron chi connectivity index (χ1n) is 5.73. The number of anilines is 2. The van der Waals surface area contributed by atoms with E-state index in [9.17, 15) is 18.8 Å². The molecule has 0 aliphatic carbocycles. The van der Waals surface area contributed by atoms with Crippen LogP contribution >= 0.6 is 0 Å². The first-order valence-corrected chi connectivity index (χ1v) is 5.73. The van der Waals surface area contributed by atoms with E-state index in [4.69, 9.17) is 10.5 Å². The van der Waals surface area contributed by atoms with E-state index in [-0.39, 0.29) is 24.6 Å². The number of nitrogens with two attached hydrogens (primary N) is 1. The molecule has 0 bridgehead atoms. The van der Waals surface area contributed by atoms with Crippen LogP contribution in [-0.4, -0.2) is 42.4 Å². The minimum atomic E-state index is -0.596. The highest BCUT2D eigenvalue weighted by Crippen LogP contribution is 2.16. The molecule has 0 saturated carbocycles. The van der Waals surface area contributed by atoms with Gasteiger partial charge in [0.1, 0.15) is 25.6 Å². The van der Waals surface area contributed by atoms with Crippen molar-refractivity contribution in [2.24, 2.45) is 0 Å². The topological polar surface area (TPSA) is 102 Å². The van der Waals surface area contributed by atoms with Crippen LogP contribution in [0.15, 0.2) is 18.2 Å². The lowest BCUT2D eigenvalue weighted by Gasteiger charge is -2.24. The van der Waals surface area contributed by atoms with Gasteiger partial charge in [0.05, 0.1) is 5.69 Å². The number of nitrogen functional groups attached to an aromatic ring is 1. The van der Waals surface area contributed by atoms with Crippen LogP contribution in [-0.2, 0) is 19.1 Å². The largest absolute Gasteiger partial charge is 0.396 e. The molecule has 3 N–H and O–H groups in total. The summed E-state index contributed by atoms with van der Waals surface area (Å²) in [7, 11) is 0. The zero-order valence-electron chi connectivity index (χ0n) is 10.4. The van der Waals surface area contributed by atoms with Gasteiger partial charge in [0, 0.05) is 5.69 Å². The Morgan fingerprint density at radius 2 is 2.00 bits per heavy atom. The number of nitrogens with one attached hydrogen (secondary N) is 1. The summed E-state index contributed by atoms with van der Waals surface area (Å²) in [6.45, 7) is -0.886. The average molecular weight is 281 g/mol. The molecule has 0 atom stereocenters. The van der Waals surface area contributed by atoms with Crippen molar-refractivity contribution < 1.29 is 23.5 Å². The summed E-state index contributed by atoms with van der Waals surface area (Å²) < 4.78 is 17.7. The number of carbonyl (C=O) groups excluding carboxylic acids is 3. The number of benzene rings is 1. The Morgan fingerprint density at radius 3 is 2.60 bits per heavy atom. The molecule has 1 saturated heterocycles. The molecule has 0 aromatic heterocycles. The summed E-state index contributed by atoms with van der Waals surface area (Å²) in [5, 5.41) is 2.43. The zero-order chi connectivity index (χ0) is 14.7. The van der Waals surface area contributed by atoms with E-state index in [2.05, 4.69) is 5.32 Å². The van der Waals surface area contributed by atoms with Gasteiger partial charge in [-0.25, -0.2) is 4.39 Å². The molecule has 8 heteroatoms. The molecular weight excluding hydrogens is 269 g/mol. The van der Waals surface area contributed by atoms with Gasteiger partial charge in [-0.1, -0.05) is 0 Å². The summed E-state index contributed by atoms with van der Waals surface area (Å²) in [5.41, 5.74) is 5.53. The number of nitrogens with zero attached hydrogens (tertiary/aromatic N) is 1. The van der Waals surface area contributed by atoms with Crippen molar-refractivity contribution in [3.8, 4) is 0 Å². The summed E-state index contributed by atoms with van der Waals surface area (Å²) in [6.07, 6.45) is 0. The highest BCUT2D eigenvalue weighted by atomic mass is 19.1. The summed E-state index contributed by atoms with van der Waals surface area (Å²) in [6, 6.07) is 3.68. The standard InChI is InChI=1S/C12H12FN3O4/c13-8-2-1-7(3-9(8)14)15-10(17)4-16-11(18)5-20-6-12(16)19/h1-3H,4-6,14H2,(H,15,17). The van der Waals surface area contributed by atoms with E-state index in [1.165, 1.54) is 12.1 Å². The third kappa shape index (κ3) is 3.09. The van der Waals surface area contributed by atoms with Gasteiger partial charge in [0.25, 0.3) is 11.8 Å². The number of morpholine rings is 1. The SMILES string of the molecule is Nc1cc(NC(=O)CN2C(=O)COCC2=O)ccc1F. The van der Waals surface area contributed by atoms with Crippen LogP contribution in [0.1, 0.15) is 0 Å². The predicted molar refractivity (Wildman–Crippen MR) is 67.0 cm³/mol. The Kier molecular flexibility index (Phi) is 3.94. The second kappa shape index (κ2) is 5.66. The van der Waals surface area contributed by atoms with Crippen LogP contribution in [0.4, 0.5) is 15.8 Å². The second-order valence-corrected chi connectivity index (χ2v) is 4.15. The van der Waals surface area contributed by atoms with E-state index in [1.54, 1.807) is 0 Å². The van der Waals surface area contributed by atoms with Gasteiger partial charge in [-0.3, -0.25) is 19.3 Å². The first kappa shape index (κ1) is 13.9. The molecule has 1 fully saturated rings. The highest BCUT2D eigenvalue weighted by molar-refractivity contribution is 6.03. The number of imide groups is 1. The Hall–Kier alpha value is -2.48. The Balaban J connectivity index is 1.99. The zero-order valence-corrected chi connectivity index (χ0v) is 10.4. The molecule has 0 spiro atoms. The fraction of sp³-hybridized carbons (Fsp3) is 0.250. The predicted octanol–water partition coefficient (Wildman–Crippen LogP) is -0.268. The fourth-order valence-electron chi connectivity index (χ4n) is 1.66. The molecule has 20 heavy (non-hydrogen) atoms. The van der Waals surface area contributed by atoms with Crippen molar-refractivity contribution in [3.05, 3.63) is 24.0 Å². The molecule has 1 aromatic carbocycles. The van der Waals surface area contributed by atoms with E-state index in [0.717, 1.165) is 11.0 Å². The number of hydrogen-bond acceptors (Lipinski definition) is 5. The van der Waals surface area contributed by atoms with Crippen LogP contribution < -0.4 is 11.1 Å². The molecule has 3 amide bonds. The van der Waals surface area contributed by atoms with E-state index in [1.807, 2.05) is 0 Å². The monoisotopic (exact) mass is 281 g/mol. The Bertz CT molecular complexity index is 560. The van der Waals surface area contributed by atoms with Gasteiger partial charge < -0.3 is 15.8 Å². The fourth-order valence-corrected chi connectivity index (χ4v) is 1.66. The van der Waals surface area contributed by atoms with Crippen LogP contribution in [0.25, 0.3) is 0 Å². The van der Waals surface area contributed by atoms with Gasteiger partial charge >= 0.3 is 0 Å². The number of amides is 3. The second-order valence-electron chi connectivity index (χ2n) is 4.15. The quantitative estimate of drug-likeness (QED) is 0.586. The Morgan fingerprint density at radius 1 is 1.35 bits per heavy atom. The smallest absolute Gasteiger partial charge is 0.255 e. The summed E-state index contributed by atoms with van der Waals surface area (Å²) >= 11 is 0. The third-order valence-corrected chi connectivity index (χ3v) is 2.63. The van der Waals surface area contributed by atoms with Crippen LogP contribution in [0, 0.1) is 5.82 Å². The molecule has 106 valence electrons. The number of halogens is 1. The molecule has 7 nitrogen and oxygen atoms in total. The maximum Gasteiger partial charge on any atom is 0.255 e. The molecule has 2 rings (SSSR count). The van der Waals surface area contributed by atoms with Crippen LogP contribution in [0.2, 0.25) is 0 Å². The molecule has 0 unspecified atom stereocenters. The van der Waals surface area contributed by atoms with Crippen molar-refractivity contribution in [1.29, 1.82) is 0 Å². The van der Waals surface area contributed by atoms with E-state index >= 15 is 0 Å². The highest BCUT2D eigenvalue weighted by Gasteiger charge is 2.28. The van der Waals surface area contributed by atoms with Gasteiger partial charge in [0.2, 0.25) is 5.91 Å².